The Morgan fingerprint density at radius 3 is 2.36 bits per heavy atom. The molecule has 116 valence electrons. The molecule has 0 fully saturated rings. The number of hydrogen-bond donors (Lipinski definition) is 0. The van der Waals surface area contributed by atoms with Crippen LogP contribution in [0.25, 0.3) is 0 Å². The Labute approximate surface area is 129 Å². The van der Waals surface area contributed by atoms with E-state index in [1.807, 2.05) is 0 Å². The van der Waals surface area contributed by atoms with Crippen LogP contribution in [0.3, 0.4) is 0 Å². The lowest BCUT2D eigenvalue weighted by Gasteiger charge is -2.10. The van der Waals surface area contributed by atoms with Gasteiger partial charge in [0.1, 0.15) is 12.3 Å². The molecule has 2 rings (SSSR count). The fourth-order valence-electron chi connectivity index (χ4n) is 1.74. The predicted octanol–water partition coefficient (Wildman–Crippen LogP) is 4.42. The first-order chi connectivity index (χ1) is 10.3. The van der Waals surface area contributed by atoms with Crippen LogP contribution >= 0.6 is 11.6 Å². The van der Waals surface area contributed by atoms with Crippen molar-refractivity contribution < 1.29 is 22.7 Å². The molecule has 0 amide bonds. The lowest BCUT2D eigenvalue weighted by atomic mass is 10.2. The Morgan fingerprint density at radius 2 is 1.82 bits per heavy atom. The number of pyridine rings is 1. The average molecular weight is 330 g/mol. The molecule has 0 aliphatic heterocycles. The molecular formula is C15H11ClF3NO2. The third-order valence-corrected chi connectivity index (χ3v) is 3.13. The van der Waals surface area contributed by atoms with E-state index in [4.69, 9.17) is 16.3 Å². The van der Waals surface area contributed by atoms with E-state index in [9.17, 15) is 18.0 Å². The third kappa shape index (κ3) is 3.98. The number of aromatic nitrogens is 1. The smallest absolute Gasteiger partial charge is 0.433 e. The summed E-state index contributed by atoms with van der Waals surface area (Å²) in [5.41, 5.74) is -0.354. The maximum Gasteiger partial charge on any atom is 0.433 e. The Hall–Kier alpha value is -2.08. The monoisotopic (exact) mass is 329 g/mol. The highest BCUT2D eigenvalue weighted by Crippen LogP contribution is 2.28. The summed E-state index contributed by atoms with van der Waals surface area (Å²) in [6.07, 6.45) is -4.55. The van der Waals surface area contributed by atoms with Gasteiger partial charge in [0, 0.05) is 5.02 Å². The summed E-state index contributed by atoms with van der Waals surface area (Å²) in [6.45, 7) is 1.32. The van der Waals surface area contributed by atoms with E-state index in [1.165, 1.54) is 6.92 Å². The molecule has 0 atom stereocenters. The Bertz CT molecular complexity index is 684. The van der Waals surface area contributed by atoms with E-state index in [-0.39, 0.29) is 17.9 Å². The van der Waals surface area contributed by atoms with Crippen LogP contribution in [0.1, 0.15) is 27.3 Å². The van der Waals surface area contributed by atoms with Crippen LogP contribution in [-0.4, -0.2) is 11.0 Å². The SMILES string of the molecule is Cc1nc(C(F)(F)F)ccc1C(=O)OCc1ccc(Cl)cc1. The number of nitrogens with zero attached hydrogens (tertiary/aromatic N) is 1. The molecule has 1 aromatic heterocycles. The first-order valence-corrected chi connectivity index (χ1v) is 6.61. The number of rotatable bonds is 3. The van der Waals surface area contributed by atoms with Gasteiger partial charge in [-0.2, -0.15) is 13.2 Å². The number of aryl methyl sites for hydroxylation is 1. The van der Waals surface area contributed by atoms with Crippen LogP contribution < -0.4 is 0 Å². The number of carbonyl (C=O) groups is 1. The van der Waals surface area contributed by atoms with E-state index in [1.54, 1.807) is 24.3 Å². The number of hydrogen-bond acceptors (Lipinski definition) is 3. The minimum atomic E-state index is -4.55. The largest absolute Gasteiger partial charge is 0.457 e. The van der Waals surface area contributed by atoms with E-state index >= 15 is 0 Å². The standard InChI is InChI=1S/C15H11ClF3NO2/c1-9-12(6-7-13(20-9)15(17,18)19)14(21)22-8-10-2-4-11(16)5-3-10/h2-7H,8H2,1H3. The molecule has 22 heavy (non-hydrogen) atoms. The normalized spacial score (nSPS) is 11.3. The van der Waals surface area contributed by atoms with Gasteiger partial charge in [-0.05, 0) is 36.8 Å². The molecule has 0 unspecified atom stereocenters. The molecule has 7 heteroatoms. The summed E-state index contributed by atoms with van der Waals surface area (Å²) < 4.78 is 42.6. The van der Waals surface area contributed by atoms with Crippen LogP contribution in [0.5, 0.6) is 0 Å². The van der Waals surface area contributed by atoms with Crippen molar-refractivity contribution in [3.05, 3.63) is 63.9 Å². The maximum atomic E-state index is 12.5. The summed E-state index contributed by atoms with van der Waals surface area (Å²) in [7, 11) is 0. The minimum absolute atomic E-state index is 0.00182. The molecular weight excluding hydrogens is 319 g/mol. The van der Waals surface area contributed by atoms with Gasteiger partial charge in [-0.1, -0.05) is 23.7 Å². The summed E-state index contributed by atoms with van der Waals surface area (Å²) >= 11 is 5.73. The van der Waals surface area contributed by atoms with Crippen LogP contribution in [0.4, 0.5) is 13.2 Å². The number of benzene rings is 1. The number of carbonyl (C=O) groups excluding carboxylic acids is 1. The Morgan fingerprint density at radius 1 is 1.18 bits per heavy atom. The molecule has 2 aromatic rings. The Kier molecular flexibility index (Phi) is 4.71. The zero-order valence-electron chi connectivity index (χ0n) is 11.4. The molecule has 3 nitrogen and oxygen atoms in total. The first kappa shape index (κ1) is 16.3. The summed E-state index contributed by atoms with van der Waals surface area (Å²) in [6, 6.07) is 8.49. The van der Waals surface area contributed by atoms with Crippen molar-refractivity contribution in [3.63, 3.8) is 0 Å². The fraction of sp³-hybridized carbons (Fsp3) is 0.200. The van der Waals surface area contributed by atoms with Gasteiger partial charge >= 0.3 is 12.1 Å². The van der Waals surface area contributed by atoms with Crippen LogP contribution in [-0.2, 0) is 17.5 Å². The molecule has 0 radical (unpaired) electrons. The number of ether oxygens (including phenoxy) is 1. The van der Waals surface area contributed by atoms with Crippen molar-refractivity contribution in [2.24, 2.45) is 0 Å². The molecule has 1 aromatic carbocycles. The Balaban J connectivity index is 2.08. The van der Waals surface area contributed by atoms with Crippen LogP contribution in [0.15, 0.2) is 36.4 Å². The van der Waals surface area contributed by atoms with Gasteiger partial charge in [0.2, 0.25) is 0 Å². The zero-order valence-corrected chi connectivity index (χ0v) is 12.2. The second-order valence-corrected chi connectivity index (χ2v) is 4.97. The van der Waals surface area contributed by atoms with Crippen molar-refractivity contribution in [3.8, 4) is 0 Å². The highest BCUT2D eigenvalue weighted by molar-refractivity contribution is 6.30. The lowest BCUT2D eigenvalue weighted by molar-refractivity contribution is -0.141. The zero-order chi connectivity index (χ0) is 16.3. The maximum absolute atomic E-state index is 12.5. The van der Waals surface area contributed by atoms with Gasteiger partial charge in [-0.25, -0.2) is 9.78 Å². The van der Waals surface area contributed by atoms with E-state index in [0.717, 1.165) is 17.7 Å². The van der Waals surface area contributed by atoms with Crippen molar-refractivity contribution in [1.29, 1.82) is 0 Å². The van der Waals surface area contributed by atoms with Gasteiger partial charge < -0.3 is 4.74 Å². The van der Waals surface area contributed by atoms with Gasteiger partial charge in [0.15, 0.2) is 0 Å². The van der Waals surface area contributed by atoms with E-state index in [0.29, 0.717) is 5.02 Å². The van der Waals surface area contributed by atoms with Crippen molar-refractivity contribution >= 4 is 17.6 Å². The van der Waals surface area contributed by atoms with Gasteiger partial charge in [-0.3, -0.25) is 0 Å². The van der Waals surface area contributed by atoms with Crippen molar-refractivity contribution in [2.45, 2.75) is 19.7 Å². The first-order valence-electron chi connectivity index (χ1n) is 6.24. The molecule has 0 N–H and O–H groups in total. The molecule has 0 aliphatic rings. The molecule has 0 bridgehead atoms. The van der Waals surface area contributed by atoms with Gasteiger partial charge in [0.05, 0.1) is 11.3 Å². The average Bonchev–Trinajstić information content (AvgIpc) is 2.45. The fourth-order valence-corrected chi connectivity index (χ4v) is 1.87. The van der Waals surface area contributed by atoms with Crippen molar-refractivity contribution in [1.82, 2.24) is 4.98 Å². The number of alkyl halides is 3. The molecule has 0 saturated heterocycles. The molecule has 1 heterocycles. The number of esters is 1. The lowest BCUT2D eigenvalue weighted by Crippen LogP contribution is -2.13. The topological polar surface area (TPSA) is 39.2 Å². The second-order valence-electron chi connectivity index (χ2n) is 4.53. The molecule has 0 spiro atoms. The van der Waals surface area contributed by atoms with Crippen LogP contribution in [0.2, 0.25) is 5.02 Å². The quantitative estimate of drug-likeness (QED) is 0.782. The highest BCUT2D eigenvalue weighted by atomic mass is 35.5. The molecule has 0 aliphatic carbocycles. The third-order valence-electron chi connectivity index (χ3n) is 2.88. The highest BCUT2D eigenvalue weighted by Gasteiger charge is 2.33. The van der Waals surface area contributed by atoms with Crippen LogP contribution in [0, 0.1) is 6.92 Å². The summed E-state index contributed by atoms with van der Waals surface area (Å²) in [4.78, 5) is 15.3. The summed E-state index contributed by atoms with van der Waals surface area (Å²) in [5, 5.41) is 0.554. The summed E-state index contributed by atoms with van der Waals surface area (Å²) in [5.74, 6) is -0.728. The number of halogens is 4. The van der Waals surface area contributed by atoms with Gasteiger partial charge in [0.25, 0.3) is 0 Å². The minimum Gasteiger partial charge on any atom is -0.457 e. The van der Waals surface area contributed by atoms with E-state index < -0.39 is 17.8 Å². The van der Waals surface area contributed by atoms with E-state index in [2.05, 4.69) is 4.98 Å². The molecule has 0 saturated carbocycles. The van der Waals surface area contributed by atoms with Gasteiger partial charge in [-0.15, -0.1) is 0 Å². The van der Waals surface area contributed by atoms with Crippen molar-refractivity contribution in [2.75, 3.05) is 0 Å². The predicted molar refractivity (Wildman–Crippen MR) is 74.5 cm³/mol. The second kappa shape index (κ2) is 6.36.